The lowest BCUT2D eigenvalue weighted by atomic mass is 10.1. The highest BCUT2D eigenvalue weighted by molar-refractivity contribution is 7.11. The predicted octanol–water partition coefficient (Wildman–Crippen LogP) is 4.53. The van der Waals surface area contributed by atoms with Crippen molar-refractivity contribution in [3.8, 4) is 0 Å². The average molecular weight is 246 g/mol. The number of aryl methyl sites for hydroxylation is 1. The Morgan fingerprint density at radius 3 is 2.88 bits per heavy atom. The van der Waals surface area contributed by atoms with Gasteiger partial charge in [0.15, 0.2) is 0 Å². The van der Waals surface area contributed by atoms with Crippen molar-refractivity contribution < 1.29 is 8.81 Å². The number of hydrogen-bond acceptors (Lipinski definition) is 2. The predicted molar refractivity (Wildman–Crippen MR) is 68.0 cm³/mol. The molecule has 0 atom stereocenters. The van der Waals surface area contributed by atoms with Crippen LogP contribution >= 0.6 is 11.3 Å². The van der Waals surface area contributed by atoms with E-state index in [9.17, 15) is 4.39 Å². The van der Waals surface area contributed by atoms with Crippen LogP contribution in [-0.4, -0.2) is 0 Å². The molecule has 17 heavy (non-hydrogen) atoms. The van der Waals surface area contributed by atoms with E-state index in [1.54, 1.807) is 23.7 Å². The second-order valence-electron chi connectivity index (χ2n) is 4.09. The summed E-state index contributed by atoms with van der Waals surface area (Å²) in [7, 11) is 0. The molecule has 0 N–H and O–H groups in total. The molecule has 0 fully saturated rings. The number of halogens is 1. The van der Waals surface area contributed by atoms with Crippen LogP contribution in [0.15, 0.2) is 41.0 Å². The first-order valence-electron chi connectivity index (χ1n) is 5.43. The van der Waals surface area contributed by atoms with Gasteiger partial charge in [0.2, 0.25) is 0 Å². The summed E-state index contributed by atoms with van der Waals surface area (Å²) < 4.78 is 18.4. The Balaban J connectivity index is 2.00. The number of hydrogen-bond donors (Lipinski definition) is 0. The summed E-state index contributed by atoms with van der Waals surface area (Å²) in [5, 5.41) is 0.998. The van der Waals surface area contributed by atoms with Crippen LogP contribution in [0, 0.1) is 12.7 Å². The van der Waals surface area contributed by atoms with E-state index in [-0.39, 0.29) is 5.82 Å². The first-order chi connectivity index (χ1) is 8.22. The minimum Gasteiger partial charge on any atom is -0.464 e. The Kier molecular flexibility index (Phi) is 2.48. The van der Waals surface area contributed by atoms with E-state index >= 15 is 0 Å². The van der Waals surface area contributed by atoms with Crippen LogP contribution in [0.3, 0.4) is 0 Å². The summed E-state index contributed by atoms with van der Waals surface area (Å²) in [5.41, 5.74) is 1.73. The number of furan rings is 1. The largest absolute Gasteiger partial charge is 0.464 e. The first kappa shape index (κ1) is 10.5. The Labute approximate surface area is 103 Å². The second-order valence-corrected chi connectivity index (χ2v) is 5.46. The zero-order valence-electron chi connectivity index (χ0n) is 9.37. The molecule has 3 rings (SSSR count). The Morgan fingerprint density at radius 2 is 2.12 bits per heavy atom. The minimum atomic E-state index is -0.259. The van der Waals surface area contributed by atoms with Crippen molar-refractivity contribution in [2.24, 2.45) is 0 Å². The zero-order chi connectivity index (χ0) is 11.8. The Morgan fingerprint density at radius 1 is 1.24 bits per heavy atom. The maximum Gasteiger partial charge on any atom is 0.137 e. The molecular formula is C14H11FOS. The van der Waals surface area contributed by atoms with Crippen molar-refractivity contribution in [3.63, 3.8) is 0 Å². The fourth-order valence-electron chi connectivity index (χ4n) is 1.96. The lowest BCUT2D eigenvalue weighted by molar-refractivity contribution is 0.596. The molecule has 0 spiro atoms. The van der Waals surface area contributed by atoms with Gasteiger partial charge in [0.25, 0.3) is 0 Å². The van der Waals surface area contributed by atoms with Gasteiger partial charge >= 0.3 is 0 Å². The van der Waals surface area contributed by atoms with Crippen molar-refractivity contribution in [2.75, 3.05) is 0 Å². The molecule has 2 heterocycles. The zero-order valence-corrected chi connectivity index (χ0v) is 10.2. The quantitative estimate of drug-likeness (QED) is 0.647. The second kappa shape index (κ2) is 4.00. The molecule has 0 amide bonds. The van der Waals surface area contributed by atoms with Gasteiger partial charge in [0.1, 0.15) is 11.4 Å². The summed E-state index contributed by atoms with van der Waals surface area (Å²) in [4.78, 5) is 2.60. The summed E-state index contributed by atoms with van der Waals surface area (Å²) in [5.74, 6) is -0.259. The van der Waals surface area contributed by atoms with E-state index < -0.39 is 0 Å². The fraction of sp³-hybridized carbons (Fsp3) is 0.143. The Bertz CT molecular complexity index is 666. The molecule has 1 nitrogen and oxygen atoms in total. The van der Waals surface area contributed by atoms with E-state index in [0.29, 0.717) is 5.58 Å². The van der Waals surface area contributed by atoms with Crippen LogP contribution in [0.5, 0.6) is 0 Å². The summed E-state index contributed by atoms with van der Waals surface area (Å²) in [6.45, 7) is 2.09. The van der Waals surface area contributed by atoms with Crippen LogP contribution in [0.2, 0.25) is 0 Å². The van der Waals surface area contributed by atoms with Gasteiger partial charge in [-0.05, 0) is 31.2 Å². The smallest absolute Gasteiger partial charge is 0.137 e. The van der Waals surface area contributed by atoms with Gasteiger partial charge in [0.05, 0.1) is 6.26 Å². The average Bonchev–Trinajstić information content (AvgIpc) is 2.86. The van der Waals surface area contributed by atoms with Crippen molar-refractivity contribution in [1.29, 1.82) is 0 Å². The number of benzene rings is 1. The minimum absolute atomic E-state index is 0.259. The molecule has 3 heteroatoms. The van der Waals surface area contributed by atoms with Gasteiger partial charge in [-0.1, -0.05) is 0 Å². The van der Waals surface area contributed by atoms with Crippen molar-refractivity contribution >= 4 is 22.3 Å². The molecule has 0 unspecified atom stereocenters. The topological polar surface area (TPSA) is 13.1 Å². The highest BCUT2D eigenvalue weighted by Crippen LogP contribution is 2.26. The number of fused-ring (bicyclic) bond motifs is 1. The van der Waals surface area contributed by atoms with Crippen molar-refractivity contribution in [2.45, 2.75) is 13.3 Å². The van der Waals surface area contributed by atoms with E-state index in [1.165, 1.54) is 21.9 Å². The van der Waals surface area contributed by atoms with Gasteiger partial charge in [-0.3, -0.25) is 0 Å². The van der Waals surface area contributed by atoms with E-state index in [0.717, 1.165) is 17.4 Å². The van der Waals surface area contributed by atoms with E-state index in [1.807, 2.05) is 0 Å². The maximum absolute atomic E-state index is 13.0. The third kappa shape index (κ3) is 1.98. The molecule has 0 aliphatic heterocycles. The van der Waals surface area contributed by atoms with E-state index in [4.69, 9.17) is 4.42 Å². The summed E-state index contributed by atoms with van der Waals surface area (Å²) >= 11 is 1.78. The first-order valence-corrected chi connectivity index (χ1v) is 6.25. The standard InChI is InChI=1S/C14H11FOS/c1-9-2-4-12(17-9)6-10-8-16-14-7-11(15)3-5-13(10)14/h2-5,7-8H,6H2,1H3. The molecule has 86 valence electrons. The third-order valence-corrected chi connectivity index (χ3v) is 3.78. The molecule has 0 aliphatic rings. The molecule has 0 saturated heterocycles. The van der Waals surface area contributed by atoms with Crippen LogP contribution in [0.1, 0.15) is 15.3 Å². The molecule has 1 aromatic carbocycles. The van der Waals surface area contributed by atoms with Gasteiger partial charge in [0, 0.05) is 33.2 Å². The lowest BCUT2D eigenvalue weighted by Crippen LogP contribution is -1.82. The van der Waals surface area contributed by atoms with Crippen LogP contribution in [0.4, 0.5) is 4.39 Å². The maximum atomic E-state index is 13.0. The fourth-order valence-corrected chi connectivity index (χ4v) is 2.88. The SMILES string of the molecule is Cc1ccc(Cc2coc3cc(F)ccc23)s1. The highest BCUT2D eigenvalue weighted by atomic mass is 32.1. The van der Waals surface area contributed by atoms with Gasteiger partial charge < -0.3 is 4.42 Å². The van der Waals surface area contributed by atoms with Crippen LogP contribution in [-0.2, 0) is 6.42 Å². The molecular weight excluding hydrogens is 235 g/mol. The molecule has 0 aliphatic carbocycles. The van der Waals surface area contributed by atoms with Gasteiger partial charge in [-0.15, -0.1) is 11.3 Å². The van der Waals surface area contributed by atoms with Crippen molar-refractivity contribution in [1.82, 2.24) is 0 Å². The monoisotopic (exact) mass is 246 g/mol. The third-order valence-electron chi connectivity index (χ3n) is 2.78. The van der Waals surface area contributed by atoms with Crippen LogP contribution in [0.25, 0.3) is 11.0 Å². The van der Waals surface area contributed by atoms with Gasteiger partial charge in [-0.25, -0.2) is 4.39 Å². The van der Waals surface area contributed by atoms with E-state index in [2.05, 4.69) is 19.1 Å². The molecule has 2 aromatic heterocycles. The highest BCUT2D eigenvalue weighted by Gasteiger charge is 2.08. The number of rotatable bonds is 2. The molecule has 0 radical (unpaired) electrons. The summed E-state index contributed by atoms with van der Waals surface area (Å²) in [6, 6.07) is 8.92. The van der Waals surface area contributed by atoms with Crippen molar-refractivity contribution in [3.05, 3.63) is 57.7 Å². The normalized spacial score (nSPS) is 11.2. The van der Waals surface area contributed by atoms with Gasteiger partial charge in [-0.2, -0.15) is 0 Å². The molecule has 0 bridgehead atoms. The Hall–Kier alpha value is -1.61. The lowest BCUT2D eigenvalue weighted by Gasteiger charge is -1.95. The summed E-state index contributed by atoms with van der Waals surface area (Å²) in [6.07, 6.45) is 2.57. The number of thiophene rings is 1. The van der Waals surface area contributed by atoms with Crippen LogP contribution < -0.4 is 0 Å². The molecule has 0 saturated carbocycles. The molecule has 3 aromatic rings.